The summed E-state index contributed by atoms with van der Waals surface area (Å²) in [6, 6.07) is 11.6. The summed E-state index contributed by atoms with van der Waals surface area (Å²) in [6.07, 6.45) is 6.50. The Morgan fingerprint density at radius 3 is 3.00 bits per heavy atom. The SMILES string of the molecule is C#CN1CCc2ccccc2C1C. The van der Waals surface area contributed by atoms with Crippen molar-refractivity contribution in [3.05, 3.63) is 35.4 Å². The lowest BCUT2D eigenvalue weighted by molar-refractivity contribution is 0.302. The second-order valence-electron chi connectivity index (χ2n) is 3.45. The molecule has 0 amide bonds. The molecule has 2 rings (SSSR count). The van der Waals surface area contributed by atoms with Gasteiger partial charge in [-0.3, -0.25) is 0 Å². The van der Waals surface area contributed by atoms with Gasteiger partial charge >= 0.3 is 0 Å². The lowest BCUT2D eigenvalue weighted by atomic mass is 9.94. The number of rotatable bonds is 0. The molecule has 0 aliphatic carbocycles. The highest BCUT2D eigenvalue weighted by molar-refractivity contribution is 5.32. The van der Waals surface area contributed by atoms with Crippen molar-refractivity contribution in [1.82, 2.24) is 4.90 Å². The zero-order valence-corrected chi connectivity index (χ0v) is 7.83. The summed E-state index contributed by atoms with van der Waals surface area (Å²) in [5.74, 6) is 0. The van der Waals surface area contributed by atoms with Crippen LogP contribution in [0.15, 0.2) is 24.3 Å². The first-order valence-corrected chi connectivity index (χ1v) is 4.63. The molecule has 0 saturated heterocycles. The highest BCUT2D eigenvalue weighted by Crippen LogP contribution is 2.27. The highest BCUT2D eigenvalue weighted by atomic mass is 15.1. The van der Waals surface area contributed by atoms with E-state index >= 15 is 0 Å². The minimum Gasteiger partial charge on any atom is -0.325 e. The predicted molar refractivity (Wildman–Crippen MR) is 54.1 cm³/mol. The van der Waals surface area contributed by atoms with Gasteiger partial charge in [0.2, 0.25) is 0 Å². The molecule has 1 aromatic rings. The van der Waals surface area contributed by atoms with Crippen LogP contribution in [-0.2, 0) is 6.42 Å². The molecule has 1 nitrogen and oxygen atoms in total. The van der Waals surface area contributed by atoms with Gasteiger partial charge in [-0.25, -0.2) is 0 Å². The molecule has 0 bridgehead atoms. The molecule has 0 N–H and O–H groups in total. The zero-order valence-electron chi connectivity index (χ0n) is 7.83. The van der Waals surface area contributed by atoms with Gasteiger partial charge in [0.05, 0.1) is 6.04 Å². The molecule has 1 aromatic carbocycles. The predicted octanol–water partition coefficient (Wildman–Crippen LogP) is 2.20. The molecule has 0 aromatic heterocycles. The van der Waals surface area contributed by atoms with E-state index in [1.54, 1.807) is 0 Å². The summed E-state index contributed by atoms with van der Waals surface area (Å²) in [6.45, 7) is 3.15. The highest BCUT2D eigenvalue weighted by Gasteiger charge is 2.20. The van der Waals surface area contributed by atoms with Crippen LogP contribution < -0.4 is 0 Å². The van der Waals surface area contributed by atoms with Crippen molar-refractivity contribution in [3.8, 4) is 12.5 Å². The van der Waals surface area contributed by atoms with E-state index in [1.165, 1.54) is 11.1 Å². The Hall–Kier alpha value is -1.42. The standard InChI is InChI=1S/C12H13N/c1-3-13-9-8-11-6-4-5-7-12(11)10(13)2/h1,4-7,10H,8-9H2,2H3. The molecule has 1 aliphatic heterocycles. The Labute approximate surface area is 79.4 Å². The molecule has 1 atom stereocenters. The van der Waals surface area contributed by atoms with E-state index in [0.717, 1.165) is 13.0 Å². The lowest BCUT2D eigenvalue weighted by Gasteiger charge is -2.32. The van der Waals surface area contributed by atoms with Gasteiger partial charge in [0.25, 0.3) is 0 Å². The van der Waals surface area contributed by atoms with Crippen LogP contribution in [0.1, 0.15) is 24.1 Å². The molecule has 1 heterocycles. The van der Waals surface area contributed by atoms with Crippen molar-refractivity contribution in [2.45, 2.75) is 19.4 Å². The number of nitrogens with zero attached hydrogens (tertiary/aromatic N) is 1. The van der Waals surface area contributed by atoms with Gasteiger partial charge in [0, 0.05) is 12.6 Å². The minimum atomic E-state index is 0.370. The second kappa shape index (κ2) is 3.14. The molecule has 1 heteroatoms. The quantitative estimate of drug-likeness (QED) is 0.541. The van der Waals surface area contributed by atoms with Crippen molar-refractivity contribution in [2.24, 2.45) is 0 Å². The van der Waals surface area contributed by atoms with E-state index in [0.29, 0.717) is 6.04 Å². The molecule has 66 valence electrons. The van der Waals surface area contributed by atoms with Gasteiger partial charge < -0.3 is 4.90 Å². The molecular formula is C12H13N. The summed E-state index contributed by atoms with van der Waals surface area (Å²) in [7, 11) is 0. The van der Waals surface area contributed by atoms with Crippen molar-refractivity contribution in [2.75, 3.05) is 6.54 Å². The third-order valence-corrected chi connectivity index (χ3v) is 2.76. The number of hydrogen-bond donors (Lipinski definition) is 0. The average Bonchev–Trinajstić information content (AvgIpc) is 2.19. The molecule has 0 fully saturated rings. The topological polar surface area (TPSA) is 3.24 Å². The third-order valence-electron chi connectivity index (χ3n) is 2.76. The smallest absolute Gasteiger partial charge is 0.0595 e. The number of terminal acetylenes is 1. The maximum Gasteiger partial charge on any atom is 0.0595 e. The van der Waals surface area contributed by atoms with Gasteiger partial charge in [0.15, 0.2) is 0 Å². The fourth-order valence-corrected chi connectivity index (χ4v) is 1.95. The molecule has 1 unspecified atom stereocenters. The fraction of sp³-hybridized carbons (Fsp3) is 0.333. The normalized spacial score (nSPS) is 20.6. The van der Waals surface area contributed by atoms with Crippen LogP contribution in [0.25, 0.3) is 0 Å². The van der Waals surface area contributed by atoms with Crippen molar-refractivity contribution in [3.63, 3.8) is 0 Å². The van der Waals surface area contributed by atoms with Crippen LogP contribution in [-0.4, -0.2) is 11.4 Å². The summed E-state index contributed by atoms with van der Waals surface area (Å²) < 4.78 is 0. The summed E-state index contributed by atoms with van der Waals surface area (Å²) in [4.78, 5) is 2.06. The largest absolute Gasteiger partial charge is 0.325 e. The van der Waals surface area contributed by atoms with Crippen molar-refractivity contribution >= 4 is 0 Å². The van der Waals surface area contributed by atoms with E-state index < -0.39 is 0 Å². The van der Waals surface area contributed by atoms with Crippen LogP contribution in [0.3, 0.4) is 0 Å². The molecule has 1 aliphatic rings. The lowest BCUT2D eigenvalue weighted by Crippen LogP contribution is -2.29. The van der Waals surface area contributed by atoms with Gasteiger partial charge in [-0.15, -0.1) is 0 Å². The second-order valence-corrected chi connectivity index (χ2v) is 3.45. The average molecular weight is 171 g/mol. The van der Waals surface area contributed by atoms with Crippen LogP contribution in [0, 0.1) is 12.5 Å². The molecular weight excluding hydrogens is 158 g/mol. The zero-order chi connectivity index (χ0) is 9.26. The van der Waals surface area contributed by atoms with E-state index in [4.69, 9.17) is 6.42 Å². The summed E-state index contributed by atoms with van der Waals surface area (Å²) in [5.41, 5.74) is 2.83. The number of benzene rings is 1. The maximum atomic E-state index is 5.43. The van der Waals surface area contributed by atoms with E-state index in [-0.39, 0.29) is 0 Å². The first-order chi connectivity index (χ1) is 6.33. The Morgan fingerprint density at radius 1 is 1.46 bits per heavy atom. The van der Waals surface area contributed by atoms with Gasteiger partial charge in [-0.1, -0.05) is 30.7 Å². The summed E-state index contributed by atoms with van der Waals surface area (Å²) >= 11 is 0. The van der Waals surface area contributed by atoms with Crippen LogP contribution in [0.2, 0.25) is 0 Å². The van der Waals surface area contributed by atoms with Gasteiger partial charge in [-0.05, 0) is 24.5 Å². The Kier molecular flexibility index (Phi) is 1.98. The van der Waals surface area contributed by atoms with Crippen LogP contribution >= 0.6 is 0 Å². The maximum absolute atomic E-state index is 5.43. The summed E-state index contributed by atoms with van der Waals surface area (Å²) in [5, 5.41) is 0. The Morgan fingerprint density at radius 2 is 2.23 bits per heavy atom. The van der Waals surface area contributed by atoms with E-state index in [9.17, 15) is 0 Å². The third kappa shape index (κ3) is 1.29. The van der Waals surface area contributed by atoms with E-state index in [1.807, 2.05) is 0 Å². The molecule has 0 saturated carbocycles. The van der Waals surface area contributed by atoms with Gasteiger partial charge in [0.1, 0.15) is 0 Å². The molecule has 13 heavy (non-hydrogen) atoms. The molecule has 0 radical (unpaired) electrons. The Bertz CT molecular complexity index is 348. The fourth-order valence-electron chi connectivity index (χ4n) is 1.95. The monoisotopic (exact) mass is 171 g/mol. The first-order valence-electron chi connectivity index (χ1n) is 4.63. The minimum absolute atomic E-state index is 0.370. The van der Waals surface area contributed by atoms with Crippen LogP contribution in [0.5, 0.6) is 0 Å². The number of hydrogen-bond acceptors (Lipinski definition) is 1. The number of fused-ring (bicyclic) bond motifs is 1. The first kappa shape index (κ1) is 8.19. The van der Waals surface area contributed by atoms with E-state index in [2.05, 4.69) is 42.1 Å². The van der Waals surface area contributed by atoms with Gasteiger partial charge in [-0.2, -0.15) is 0 Å². The Balaban J connectivity index is 2.40. The van der Waals surface area contributed by atoms with Crippen LogP contribution in [0.4, 0.5) is 0 Å². The van der Waals surface area contributed by atoms with Crippen molar-refractivity contribution in [1.29, 1.82) is 0 Å². The molecule has 0 spiro atoms. The van der Waals surface area contributed by atoms with Crippen molar-refractivity contribution < 1.29 is 0 Å².